The Hall–Kier alpha value is -2.78. The molecule has 8 nitrogen and oxygen atoms in total. The van der Waals surface area contributed by atoms with Gasteiger partial charge in [0.15, 0.2) is 11.5 Å². The molecule has 2 aromatic rings. The molecule has 0 radical (unpaired) electrons. The van der Waals surface area contributed by atoms with Crippen LogP contribution in [-0.2, 0) is 14.8 Å². The van der Waals surface area contributed by atoms with E-state index in [1.165, 1.54) is 32.4 Å². The molecule has 1 atom stereocenters. The third-order valence-corrected chi connectivity index (χ3v) is 5.96. The van der Waals surface area contributed by atoms with Crippen molar-refractivity contribution in [2.75, 3.05) is 32.1 Å². The number of anilines is 1. The maximum absolute atomic E-state index is 12.9. The second-order valence-corrected chi connectivity index (χ2v) is 8.20. The van der Waals surface area contributed by atoms with Gasteiger partial charge in [0.2, 0.25) is 0 Å². The minimum Gasteiger partial charge on any atom is -0.493 e. The van der Waals surface area contributed by atoms with Gasteiger partial charge in [-0.2, -0.15) is 0 Å². The van der Waals surface area contributed by atoms with Crippen LogP contribution in [0, 0.1) is 0 Å². The van der Waals surface area contributed by atoms with Crippen molar-refractivity contribution in [1.29, 1.82) is 0 Å². The summed E-state index contributed by atoms with van der Waals surface area (Å²) >= 11 is 0. The number of sulfonamides is 1. The molecule has 2 aromatic carbocycles. The third kappa shape index (κ3) is 4.99. The largest absolute Gasteiger partial charge is 0.493 e. The van der Waals surface area contributed by atoms with Gasteiger partial charge >= 0.3 is 0 Å². The van der Waals surface area contributed by atoms with Crippen LogP contribution in [0.2, 0.25) is 0 Å². The van der Waals surface area contributed by atoms with E-state index in [2.05, 4.69) is 10.0 Å². The van der Waals surface area contributed by atoms with Crippen LogP contribution < -0.4 is 19.5 Å². The Kier molecular flexibility index (Phi) is 6.60. The predicted molar refractivity (Wildman–Crippen MR) is 108 cm³/mol. The zero-order chi connectivity index (χ0) is 20.9. The van der Waals surface area contributed by atoms with Gasteiger partial charge in [0.05, 0.1) is 36.5 Å². The molecular weight excluding hydrogens is 396 g/mol. The van der Waals surface area contributed by atoms with Gasteiger partial charge in [-0.3, -0.25) is 9.52 Å². The molecule has 0 unspecified atom stereocenters. The van der Waals surface area contributed by atoms with Gasteiger partial charge in [-0.1, -0.05) is 12.1 Å². The Morgan fingerprint density at radius 2 is 1.90 bits per heavy atom. The number of methoxy groups -OCH3 is 2. The average molecular weight is 420 g/mol. The lowest BCUT2D eigenvalue weighted by molar-refractivity contribution is 0.0858. The van der Waals surface area contributed by atoms with E-state index in [0.29, 0.717) is 18.9 Å². The van der Waals surface area contributed by atoms with E-state index in [1.807, 2.05) is 0 Å². The van der Waals surface area contributed by atoms with Crippen molar-refractivity contribution in [2.45, 2.75) is 23.8 Å². The van der Waals surface area contributed by atoms with Gasteiger partial charge in [0, 0.05) is 19.2 Å². The maximum Gasteiger partial charge on any atom is 0.262 e. The van der Waals surface area contributed by atoms with Crippen LogP contribution in [0.4, 0.5) is 5.69 Å². The summed E-state index contributed by atoms with van der Waals surface area (Å²) in [5.41, 5.74) is 0.418. The normalized spacial score (nSPS) is 16.3. The zero-order valence-corrected chi connectivity index (χ0v) is 17.1. The first-order valence-electron chi connectivity index (χ1n) is 9.18. The zero-order valence-electron chi connectivity index (χ0n) is 16.3. The molecule has 1 heterocycles. The van der Waals surface area contributed by atoms with E-state index in [1.54, 1.807) is 24.3 Å². The van der Waals surface area contributed by atoms with Crippen LogP contribution in [0.5, 0.6) is 11.5 Å². The molecule has 1 fully saturated rings. The number of hydrogen-bond acceptors (Lipinski definition) is 6. The van der Waals surface area contributed by atoms with Gasteiger partial charge < -0.3 is 19.5 Å². The second-order valence-electron chi connectivity index (χ2n) is 6.51. The smallest absolute Gasteiger partial charge is 0.262 e. The van der Waals surface area contributed by atoms with E-state index < -0.39 is 10.0 Å². The molecule has 0 aliphatic carbocycles. The molecule has 156 valence electrons. The molecule has 0 spiro atoms. The van der Waals surface area contributed by atoms with E-state index in [9.17, 15) is 13.2 Å². The first kappa shape index (κ1) is 20.9. The number of nitrogens with one attached hydrogen (secondary N) is 2. The minimum absolute atomic E-state index is 0.00503. The quantitative estimate of drug-likeness (QED) is 0.680. The Bertz CT molecular complexity index is 971. The van der Waals surface area contributed by atoms with E-state index in [0.717, 1.165) is 12.8 Å². The molecule has 3 rings (SSSR count). The highest BCUT2D eigenvalue weighted by Gasteiger charge is 2.21. The van der Waals surface area contributed by atoms with E-state index >= 15 is 0 Å². The summed E-state index contributed by atoms with van der Waals surface area (Å²) in [6.07, 6.45) is 1.87. The van der Waals surface area contributed by atoms with Gasteiger partial charge in [-0.15, -0.1) is 0 Å². The fraction of sp³-hybridized carbons (Fsp3) is 0.350. The molecule has 0 bridgehead atoms. The Morgan fingerprint density at radius 3 is 2.59 bits per heavy atom. The monoisotopic (exact) mass is 420 g/mol. The number of amides is 1. The summed E-state index contributed by atoms with van der Waals surface area (Å²) in [6.45, 7) is 1.08. The molecule has 1 amide bonds. The summed E-state index contributed by atoms with van der Waals surface area (Å²) in [5, 5.41) is 2.80. The van der Waals surface area contributed by atoms with Crippen LogP contribution >= 0.6 is 0 Å². The number of carbonyl (C=O) groups is 1. The van der Waals surface area contributed by atoms with Crippen LogP contribution in [0.3, 0.4) is 0 Å². The molecule has 1 aliphatic rings. The minimum atomic E-state index is -3.95. The fourth-order valence-corrected chi connectivity index (χ4v) is 4.16. The topological polar surface area (TPSA) is 103 Å². The number of rotatable bonds is 8. The Morgan fingerprint density at radius 1 is 1.14 bits per heavy atom. The SMILES string of the molecule is COc1ccc(S(=O)(=O)Nc2ccccc2C(=O)NC[C@@H]2CCCO2)cc1OC. The molecule has 9 heteroatoms. The van der Waals surface area contributed by atoms with Crippen LogP contribution in [0.15, 0.2) is 47.4 Å². The van der Waals surface area contributed by atoms with Gasteiger partial charge in [0.1, 0.15) is 0 Å². The van der Waals surface area contributed by atoms with Crippen molar-refractivity contribution in [3.63, 3.8) is 0 Å². The Labute approximate surface area is 170 Å². The van der Waals surface area contributed by atoms with Crippen molar-refractivity contribution in [1.82, 2.24) is 5.32 Å². The van der Waals surface area contributed by atoms with Crippen molar-refractivity contribution >= 4 is 21.6 Å². The first-order valence-corrected chi connectivity index (χ1v) is 10.7. The Balaban J connectivity index is 1.79. The molecule has 2 N–H and O–H groups in total. The highest BCUT2D eigenvalue weighted by Crippen LogP contribution is 2.30. The lowest BCUT2D eigenvalue weighted by Crippen LogP contribution is -2.32. The molecule has 1 saturated heterocycles. The summed E-state index contributed by atoms with van der Waals surface area (Å²) in [7, 11) is -1.05. The first-order chi connectivity index (χ1) is 13.9. The van der Waals surface area contributed by atoms with Gasteiger partial charge in [0.25, 0.3) is 15.9 Å². The van der Waals surface area contributed by atoms with Gasteiger partial charge in [-0.25, -0.2) is 8.42 Å². The summed E-state index contributed by atoms with van der Waals surface area (Å²) in [4.78, 5) is 12.6. The summed E-state index contributed by atoms with van der Waals surface area (Å²) < 4.78 is 44.0. The summed E-state index contributed by atoms with van der Waals surface area (Å²) in [6, 6.07) is 10.7. The van der Waals surface area contributed by atoms with Crippen LogP contribution in [0.25, 0.3) is 0 Å². The van der Waals surface area contributed by atoms with E-state index in [-0.39, 0.29) is 33.9 Å². The molecule has 1 aliphatic heterocycles. The molecule has 29 heavy (non-hydrogen) atoms. The second kappa shape index (κ2) is 9.15. The number of hydrogen-bond donors (Lipinski definition) is 2. The van der Waals surface area contributed by atoms with Crippen molar-refractivity contribution in [3.8, 4) is 11.5 Å². The highest BCUT2D eigenvalue weighted by molar-refractivity contribution is 7.92. The third-order valence-electron chi connectivity index (χ3n) is 4.60. The highest BCUT2D eigenvalue weighted by atomic mass is 32.2. The number of benzene rings is 2. The van der Waals surface area contributed by atoms with Crippen LogP contribution in [0.1, 0.15) is 23.2 Å². The summed E-state index contributed by atoms with van der Waals surface area (Å²) in [5.74, 6) is 0.337. The molecule has 0 aromatic heterocycles. The number of ether oxygens (including phenoxy) is 3. The molecular formula is C20H24N2O6S. The van der Waals surface area contributed by atoms with Crippen molar-refractivity contribution in [3.05, 3.63) is 48.0 Å². The maximum atomic E-state index is 12.9. The predicted octanol–water partition coefficient (Wildman–Crippen LogP) is 2.41. The van der Waals surface area contributed by atoms with E-state index in [4.69, 9.17) is 14.2 Å². The standard InChI is InChI=1S/C20H24N2O6S/c1-26-18-10-9-15(12-19(18)27-2)29(24,25)22-17-8-4-3-7-16(17)20(23)21-13-14-6-5-11-28-14/h3-4,7-10,12,14,22H,5-6,11,13H2,1-2H3,(H,21,23)/t14-/m0/s1. The van der Waals surface area contributed by atoms with Crippen molar-refractivity contribution in [2.24, 2.45) is 0 Å². The number of carbonyl (C=O) groups excluding carboxylic acids is 1. The van der Waals surface area contributed by atoms with Crippen LogP contribution in [-0.4, -0.2) is 47.8 Å². The van der Waals surface area contributed by atoms with Crippen molar-refractivity contribution < 1.29 is 27.4 Å². The molecule has 0 saturated carbocycles. The average Bonchev–Trinajstić information content (AvgIpc) is 3.25. The number of para-hydroxylation sites is 1. The fourth-order valence-electron chi connectivity index (χ4n) is 3.06. The lowest BCUT2D eigenvalue weighted by Gasteiger charge is -2.15. The van der Waals surface area contributed by atoms with Gasteiger partial charge in [-0.05, 0) is 37.1 Å². The lowest BCUT2D eigenvalue weighted by atomic mass is 10.1.